The Bertz CT molecular complexity index is 797. The fraction of sp³-hybridized carbons (Fsp3) is 0.838. The normalized spacial score (nSPS) is 21.5. The Kier molecular flexibility index (Phi) is 25.1. The number of unbranched alkanes of at least 4 members (excludes halogenated alkanes) is 14. The molecule has 262 valence electrons. The minimum atomic E-state index is -1.08. The van der Waals surface area contributed by atoms with E-state index in [9.17, 15) is 30.0 Å². The highest BCUT2D eigenvalue weighted by Crippen LogP contribution is 2.36. The number of aliphatic hydroxyl groups excluding tert-OH is 4. The number of carbonyl (C=O) groups excluding carboxylic acids is 2. The van der Waals surface area contributed by atoms with E-state index in [1.807, 2.05) is 6.08 Å². The van der Waals surface area contributed by atoms with Crippen LogP contribution in [0.15, 0.2) is 24.3 Å². The quantitative estimate of drug-likeness (QED) is 0.0405. The lowest BCUT2D eigenvalue weighted by Gasteiger charge is -2.19. The van der Waals surface area contributed by atoms with Gasteiger partial charge in [0.25, 0.3) is 0 Å². The summed E-state index contributed by atoms with van der Waals surface area (Å²) >= 11 is 0. The van der Waals surface area contributed by atoms with Crippen LogP contribution in [-0.2, 0) is 19.1 Å². The smallest absolute Gasteiger partial charge is 0.309 e. The van der Waals surface area contributed by atoms with Crippen LogP contribution in [0.4, 0.5) is 0 Å². The summed E-state index contributed by atoms with van der Waals surface area (Å²) in [4.78, 5) is 24.0. The van der Waals surface area contributed by atoms with Crippen LogP contribution in [-0.4, -0.2) is 70.0 Å². The molecule has 1 aliphatic carbocycles. The van der Waals surface area contributed by atoms with Crippen molar-refractivity contribution in [2.45, 2.75) is 173 Å². The fourth-order valence-corrected chi connectivity index (χ4v) is 5.94. The topological polar surface area (TPSA) is 134 Å². The zero-order valence-electron chi connectivity index (χ0n) is 28.5. The molecule has 0 spiro atoms. The van der Waals surface area contributed by atoms with Gasteiger partial charge in [-0.1, -0.05) is 134 Å². The van der Waals surface area contributed by atoms with Crippen LogP contribution in [0, 0.1) is 11.8 Å². The molecule has 8 nitrogen and oxygen atoms in total. The van der Waals surface area contributed by atoms with Gasteiger partial charge in [-0.2, -0.15) is 0 Å². The third-order valence-electron chi connectivity index (χ3n) is 8.79. The Morgan fingerprint density at radius 3 is 1.84 bits per heavy atom. The maximum absolute atomic E-state index is 12.1. The van der Waals surface area contributed by atoms with Gasteiger partial charge < -0.3 is 29.9 Å². The molecular formula is C37H66O8. The number of carbonyl (C=O) groups is 2. The summed E-state index contributed by atoms with van der Waals surface area (Å²) in [6.45, 7) is 3.90. The summed E-state index contributed by atoms with van der Waals surface area (Å²) in [5, 5.41) is 41.0. The van der Waals surface area contributed by atoms with Crippen molar-refractivity contribution in [1.29, 1.82) is 0 Å². The molecule has 1 rings (SSSR count). The van der Waals surface area contributed by atoms with Gasteiger partial charge in [0, 0.05) is 18.8 Å². The van der Waals surface area contributed by atoms with Gasteiger partial charge in [0.15, 0.2) is 0 Å². The van der Waals surface area contributed by atoms with Crippen molar-refractivity contribution in [2.24, 2.45) is 11.8 Å². The molecule has 0 aliphatic heterocycles. The molecule has 0 unspecified atom stereocenters. The molecule has 0 radical (unpaired) electrons. The van der Waals surface area contributed by atoms with E-state index in [4.69, 9.17) is 9.47 Å². The molecule has 0 bridgehead atoms. The molecule has 1 fully saturated rings. The number of hydrogen-bond acceptors (Lipinski definition) is 8. The van der Waals surface area contributed by atoms with Crippen LogP contribution in [0.1, 0.15) is 149 Å². The van der Waals surface area contributed by atoms with Crippen molar-refractivity contribution in [1.82, 2.24) is 0 Å². The molecule has 0 aromatic carbocycles. The standard InChI is InChI=1S/C37H66O8/c1-3-5-7-8-9-10-11-12-13-14-15-16-18-23-36(42)44-28-31(39)29-45-37(43)24-20-19-22-32-33(35(41)27-34(32)40)26-25-30(38)21-17-6-4-2/h19-20,25-26,30-35,38-41H,3-18,21-24,27-29H2,1-2H3/b20-19-,26-25+/t30-,31-,32+,33-,34+,35-/m1/s1. The highest BCUT2D eigenvalue weighted by Gasteiger charge is 2.39. The molecule has 45 heavy (non-hydrogen) atoms. The number of aliphatic hydroxyl groups is 4. The zero-order valence-corrected chi connectivity index (χ0v) is 28.5. The summed E-state index contributed by atoms with van der Waals surface area (Å²) in [5.74, 6) is -1.32. The van der Waals surface area contributed by atoms with Crippen LogP contribution in [0.3, 0.4) is 0 Å². The van der Waals surface area contributed by atoms with Gasteiger partial charge in [-0.25, -0.2) is 0 Å². The van der Waals surface area contributed by atoms with E-state index >= 15 is 0 Å². The lowest BCUT2D eigenvalue weighted by atomic mass is 9.89. The SMILES string of the molecule is CCCCCCCCCCCCCCCC(=O)OC[C@@H](O)COC(=O)C/C=C\C[C@H]1[C@@H](/C=C/[C@H](O)CCCCC)[C@H](O)C[C@@H]1O. The molecule has 8 heteroatoms. The summed E-state index contributed by atoms with van der Waals surface area (Å²) in [6, 6.07) is 0. The monoisotopic (exact) mass is 638 g/mol. The Labute approximate surface area is 273 Å². The first-order chi connectivity index (χ1) is 21.8. The number of allylic oxidation sites excluding steroid dienone is 1. The number of hydrogen-bond donors (Lipinski definition) is 4. The summed E-state index contributed by atoms with van der Waals surface area (Å²) in [6.07, 6.45) is 25.0. The molecule has 0 aromatic rings. The van der Waals surface area contributed by atoms with Crippen LogP contribution in [0.5, 0.6) is 0 Å². The van der Waals surface area contributed by atoms with Crippen molar-refractivity contribution in [3.63, 3.8) is 0 Å². The van der Waals surface area contributed by atoms with E-state index < -0.39 is 30.4 Å². The van der Waals surface area contributed by atoms with E-state index in [-0.39, 0.29) is 43.9 Å². The minimum absolute atomic E-state index is 0.00751. The lowest BCUT2D eigenvalue weighted by Crippen LogP contribution is -2.25. The third-order valence-corrected chi connectivity index (χ3v) is 8.79. The molecular weight excluding hydrogens is 572 g/mol. The van der Waals surface area contributed by atoms with E-state index in [1.165, 1.54) is 64.2 Å². The predicted molar refractivity (Wildman–Crippen MR) is 180 cm³/mol. The first kappa shape index (κ1) is 41.3. The Morgan fingerprint density at radius 2 is 1.24 bits per heavy atom. The van der Waals surface area contributed by atoms with E-state index in [0.717, 1.165) is 38.5 Å². The average Bonchev–Trinajstić information content (AvgIpc) is 3.29. The van der Waals surface area contributed by atoms with Crippen LogP contribution in [0.2, 0.25) is 0 Å². The first-order valence-corrected chi connectivity index (χ1v) is 18.1. The molecule has 6 atom stereocenters. The molecule has 1 saturated carbocycles. The second-order valence-corrected chi connectivity index (χ2v) is 13.0. The summed E-state index contributed by atoms with van der Waals surface area (Å²) in [5.41, 5.74) is 0. The Balaban J connectivity index is 2.11. The van der Waals surface area contributed by atoms with Crippen molar-refractivity contribution < 1.29 is 39.5 Å². The zero-order chi connectivity index (χ0) is 33.1. The van der Waals surface area contributed by atoms with Gasteiger partial charge in [0.05, 0.1) is 24.7 Å². The number of rotatable bonds is 28. The molecule has 0 saturated heterocycles. The fourth-order valence-electron chi connectivity index (χ4n) is 5.94. The van der Waals surface area contributed by atoms with Gasteiger partial charge >= 0.3 is 11.9 Å². The molecule has 0 heterocycles. The minimum Gasteiger partial charge on any atom is -0.463 e. The number of esters is 2. The summed E-state index contributed by atoms with van der Waals surface area (Å²) in [7, 11) is 0. The Hall–Kier alpha value is -1.74. The van der Waals surface area contributed by atoms with Gasteiger partial charge in [0.1, 0.15) is 19.3 Å². The predicted octanol–water partition coefficient (Wildman–Crippen LogP) is 7.11. The van der Waals surface area contributed by atoms with Crippen LogP contribution >= 0.6 is 0 Å². The first-order valence-electron chi connectivity index (χ1n) is 18.1. The molecule has 0 aromatic heterocycles. The second kappa shape index (κ2) is 27.4. The average molecular weight is 639 g/mol. The summed E-state index contributed by atoms with van der Waals surface area (Å²) < 4.78 is 10.2. The third kappa shape index (κ3) is 21.6. The van der Waals surface area contributed by atoms with Gasteiger partial charge in [-0.15, -0.1) is 0 Å². The highest BCUT2D eigenvalue weighted by atomic mass is 16.6. The Morgan fingerprint density at radius 1 is 0.711 bits per heavy atom. The lowest BCUT2D eigenvalue weighted by molar-refractivity contribution is -0.151. The van der Waals surface area contributed by atoms with Gasteiger partial charge in [0.2, 0.25) is 0 Å². The van der Waals surface area contributed by atoms with E-state index in [1.54, 1.807) is 18.2 Å². The second-order valence-electron chi connectivity index (χ2n) is 13.0. The van der Waals surface area contributed by atoms with Crippen LogP contribution < -0.4 is 0 Å². The largest absolute Gasteiger partial charge is 0.463 e. The number of ether oxygens (including phenoxy) is 2. The van der Waals surface area contributed by atoms with Crippen molar-refractivity contribution in [3.05, 3.63) is 24.3 Å². The van der Waals surface area contributed by atoms with Crippen molar-refractivity contribution in [2.75, 3.05) is 13.2 Å². The van der Waals surface area contributed by atoms with Crippen LogP contribution in [0.25, 0.3) is 0 Å². The maximum Gasteiger partial charge on any atom is 0.309 e. The molecule has 4 N–H and O–H groups in total. The van der Waals surface area contributed by atoms with Gasteiger partial charge in [-0.05, 0) is 25.2 Å². The van der Waals surface area contributed by atoms with Gasteiger partial charge in [-0.3, -0.25) is 9.59 Å². The van der Waals surface area contributed by atoms with Crippen molar-refractivity contribution >= 4 is 11.9 Å². The van der Waals surface area contributed by atoms with E-state index in [0.29, 0.717) is 19.3 Å². The highest BCUT2D eigenvalue weighted by molar-refractivity contribution is 5.71. The van der Waals surface area contributed by atoms with E-state index in [2.05, 4.69) is 13.8 Å². The molecule has 1 aliphatic rings. The maximum atomic E-state index is 12.1. The molecule has 0 amide bonds. The van der Waals surface area contributed by atoms with Crippen molar-refractivity contribution in [3.8, 4) is 0 Å².